The van der Waals surface area contributed by atoms with Crippen LogP contribution in [0.5, 0.6) is 0 Å². The van der Waals surface area contributed by atoms with Crippen LogP contribution in [0.1, 0.15) is 66.9 Å². The van der Waals surface area contributed by atoms with Gasteiger partial charge in [0.2, 0.25) is 0 Å². The summed E-state index contributed by atoms with van der Waals surface area (Å²) >= 11 is 0. The molecule has 1 N–H and O–H groups in total. The summed E-state index contributed by atoms with van der Waals surface area (Å²) in [6.45, 7) is 4.64. The van der Waals surface area contributed by atoms with Crippen molar-refractivity contribution < 1.29 is 14.3 Å². The molecule has 1 amide bonds. The van der Waals surface area contributed by atoms with Gasteiger partial charge in [0.25, 0.3) is 11.5 Å². The maximum absolute atomic E-state index is 13.6. The highest BCUT2D eigenvalue weighted by molar-refractivity contribution is 6.07. The number of aromatic nitrogens is 3. The summed E-state index contributed by atoms with van der Waals surface area (Å²) in [6.07, 6.45) is 9.84. The third-order valence-corrected chi connectivity index (χ3v) is 7.81. The quantitative estimate of drug-likeness (QED) is 0.636. The summed E-state index contributed by atoms with van der Waals surface area (Å²) in [6, 6.07) is 3.96. The average Bonchev–Trinajstić information content (AvgIpc) is 3.60. The molecule has 2 aromatic heterocycles. The number of amides is 1. The van der Waals surface area contributed by atoms with E-state index in [0.717, 1.165) is 41.2 Å². The number of pyridine rings is 1. The standard InChI is InChI=1S/C26H32N4O4/c1-16-12-23-21(24-22(25(31)28-23)14-27-30(24)17-8-11-33-15-17)13-20(16)26(32)29-9-6-19(7-10-29)34-18-4-2-3-5-18/h12-14,17-19H,2-11,15H2,1H3,(H,28,31)/t17-/m0/s1. The van der Waals surface area contributed by atoms with Gasteiger partial charge in [0.15, 0.2) is 0 Å². The van der Waals surface area contributed by atoms with Crippen molar-refractivity contribution in [3.63, 3.8) is 0 Å². The number of hydrogen-bond acceptors (Lipinski definition) is 5. The van der Waals surface area contributed by atoms with Gasteiger partial charge in [0.1, 0.15) is 0 Å². The van der Waals surface area contributed by atoms with Crippen LogP contribution in [0.2, 0.25) is 0 Å². The molecule has 1 aliphatic carbocycles. The molecule has 1 atom stereocenters. The minimum absolute atomic E-state index is 0.0494. The minimum Gasteiger partial charge on any atom is -0.379 e. The van der Waals surface area contributed by atoms with Crippen molar-refractivity contribution in [2.45, 2.75) is 70.1 Å². The first-order chi connectivity index (χ1) is 16.6. The molecule has 8 nitrogen and oxygen atoms in total. The van der Waals surface area contributed by atoms with Crippen LogP contribution >= 0.6 is 0 Å². The van der Waals surface area contributed by atoms with Crippen LogP contribution in [-0.2, 0) is 9.47 Å². The maximum atomic E-state index is 13.6. The highest BCUT2D eigenvalue weighted by Gasteiger charge is 2.29. The van der Waals surface area contributed by atoms with Crippen LogP contribution in [0.15, 0.2) is 23.1 Å². The molecule has 3 aromatic rings. The Bertz CT molecular complexity index is 1280. The normalized spacial score (nSPS) is 22.4. The summed E-state index contributed by atoms with van der Waals surface area (Å²) < 4.78 is 13.8. The first kappa shape index (κ1) is 21.8. The molecule has 1 aromatic carbocycles. The monoisotopic (exact) mass is 464 g/mol. The van der Waals surface area contributed by atoms with Crippen molar-refractivity contribution >= 4 is 27.7 Å². The Morgan fingerprint density at radius 2 is 1.85 bits per heavy atom. The Morgan fingerprint density at radius 1 is 1.09 bits per heavy atom. The van der Waals surface area contributed by atoms with Crippen LogP contribution < -0.4 is 5.56 Å². The van der Waals surface area contributed by atoms with Crippen LogP contribution in [0.3, 0.4) is 0 Å². The fourth-order valence-electron chi connectivity index (χ4n) is 5.88. The first-order valence-electron chi connectivity index (χ1n) is 12.6. The van der Waals surface area contributed by atoms with E-state index in [1.807, 2.05) is 28.6 Å². The highest BCUT2D eigenvalue weighted by Crippen LogP contribution is 2.30. The topological polar surface area (TPSA) is 89.4 Å². The number of hydrogen-bond donors (Lipinski definition) is 1. The zero-order valence-electron chi connectivity index (χ0n) is 19.7. The summed E-state index contributed by atoms with van der Waals surface area (Å²) in [5.41, 5.74) is 2.91. The molecule has 3 aliphatic rings. The third kappa shape index (κ3) is 3.82. The summed E-state index contributed by atoms with van der Waals surface area (Å²) in [7, 11) is 0. The van der Waals surface area contributed by atoms with Crippen molar-refractivity contribution in [2.24, 2.45) is 0 Å². The fraction of sp³-hybridized carbons (Fsp3) is 0.577. The van der Waals surface area contributed by atoms with Gasteiger partial charge in [0, 0.05) is 30.6 Å². The third-order valence-electron chi connectivity index (χ3n) is 7.81. The smallest absolute Gasteiger partial charge is 0.259 e. The largest absolute Gasteiger partial charge is 0.379 e. The number of carbonyl (C=O) groups excluding carboxylic acids is 1. The second kappa shape index (κ2) is 8.82. The van der Waals surface area contributed by atoms with Gasteiger partial charge in [-0.05, 0) is 56.7 Å². The van der Waals surface area contributed by atoms with Crippen LogP contribution in [-0.4, -0.2) is 64.1 Å². The molecule has 3 fully saturated rings. The molecule has 0 bridgehead atoms. The van der Waals surface area contributed by atoms with Crippen molar-refractivity contribution in [3.8, 4) is 0 Å². The van der Waals surface area contributed by atoms with Gasteiger partial charge in [-0.25, -0.2) is 0 Å². The lowest BCUT2D eigenvalue weighted by Crippen LogP contribution is -2.41. The van der Waals surface area contributed by atoms with Crippen LogP contribution in [0.4, 0.5) is 0 Å². The lowest BCUT2D eigenvalue weighted by molar-refractivity contribution is -0.0357. The number of benzene rings is 1. The molecule has 2 aliphatic heterocycles. The van der Waals surface area contributed by atoms with E-state index in [1.54, 1.807) is 6.20 Å². The van der Waals surface area contributed by atoms with Gasteiger partial charge in [-0.2, -0.15) is 5.10 Å². The number of nitrogens with one attached hydrogen (secondary N) is 1. The van der Waals surface area contributed by atoms with E-state index in [9.17, 15) is 9.59 Å². The second-order valence-electron chi connectivity index (χ2n) is 10.1. The molecule has 8 heteroatoms. The molecule has 0 radical (unpaired) electrons. The van der Waals surface area contributed by atoms with Gasteiger partial charge in [-0.15, -0.1) is 0 Å². The van der Waals surface area contributed by atoms with E-state index in [2.05, 4.69) is 10.1 Å². The Morgan fingerprint density at radius 3 is 2.59 bits per heavy atom. The van der Waals surface area contributed by atoms with E-state index in [1.165, 1.54) is 25.7 Å². The predicted octanol–water partition coefficient (Wildman–Crippen LogP) is 3.71. The minimum atomic E-state index is -0.157. The van der Waals surface area contributed by atoms with Crippen LogP contribution in [0.25, 0.3) is 21.8 Å². The van der Waals surface area contributed by atoms with E-state index < -0.39 is 0 Å². The molecule has 34 heavy (non-hydrogen) atoms. The van der Waals surface area contributed by atoms with Crippen molar-refractivity contribution in [3.05, 3.63) is 39.8 Å². The molecule has 2 saturated heterocycles. The molecular weight excluding hydrogens is 432 g/mol. The van der Waals surface area contributed by atoms with E-state index >= 15 is 0 Å². The van der Waals surface area contributed by atoms with Crippen molar-refractivity contribution in [2.75, 3.05) is 26.3 Å². The summed E-state index contributed by atoms with van der Waals surface area (Å²) in [4.78, 5) is 31.2. The number of likely N-dealkylation sites (tertiary alicyclic amines) is 1. The number of aromatic amines is 1. The zero-order chi connectivity index (χ0) is 23.2. The van der Waals surface area contributed by atoms with E-state index in [-0.39, 0.29) is 23.6 Å². The number of carbonyl (C=O) groups is 1. The Balaban J connectivity index is 1.30. The maximum Gasteiger partial charge on any atom is 0.259 e. The second-order valence-corrected chi connectivity index (χ2v) is 10.1. The average molecular weight is 465 g/mol. The number of fused-ring (bicyclic) bond motifs is 3. The lowest BCUT2D eigenvalue weighted by atomic mass is 10.0. The van der Waals surface area contributed by atoms with Crippen molar-refractivity contribution in [1.29, 1.82) is 0 Å². The Labute approximate surface area is 198 Å². The molecule has 0 unspecified atom stereocenters. The number of nitrogens with zero attached hydrogens (tertiary/aromatic N) is 3. The SMILES string of the molecule is Cc1cc2[nH]c(=O)c3cnn([C@H]4CCOC4)c3c2cc1C(=O)N1CCC(OC2CCCC2)CC1. The number of piperidine rings is 1. The van der Waals surface area contributed by atoms with Gasteiger partial charge < -0.3 is 19.4 Å². The summed E-state index contributed by atoms with van der Waals surface area (Å²) in [5, 5.41) is 5.93. The predicted molar refractivity (Wildman–Crippen MR) is 129 cm³/mol. The fourth-order valence-corrected chi connectivity index (χ4v) is 5.88. The zero-order valence-corrected chi connectivity index (χ0v) is 19.7. The summed E-state index contributed by atoms with van der Waals surface area (Å²) in [5.74, 6) is 0.0494. The molecule has 1 saturated carbocycles. The van der Waals surface area contributed by atoms with Crippen LogP contribution in [0, 0.1) is 6.92 Å². The number of aryl methyl sites for hydroxylation is 1. The van der Waals surface area contributed by atoms with Gasteiger partial charge >= 0.3 is 0 Å². The molecule has 4 heterocycles. The van der Waals surface area contributed by atoms with Crippen molar-refractivity contribution in [1.82, 2.24) is 19.7 Å². The van der Waals surface area contributed by atoms with E-state index in [4.69, 9.17) is 9.47 Å². The number of rotatable bonds is 4. The first-order valence-corrected chi connectivity index (χ1v) is 12.6. The van der Waals surface area contributed by atoms with E-state index in [0.29, 0.717) is 43.4 Å². The molecule has 180 valence electrons. The Kier molecular flexibility index (Phi) is 5.65. The number of ether oxygens (including phenoxy) is 2. The molecular formula is C26H32N4O4. The van der Waals surface area contributed by atoms with Gasteiger partial charge in [0.05, 0.1) is 47.5 Å². The van der Waals surface area contributed by atoms with Gasteiger partial charge in [-0.3, -0.25) is 14.3 Å². The highest BCUT2D eigenvalue weighted by atomic mass is 16.5. The van der Waals surface area contributed by atoms with Gasteiger partial charge in [-0.1, -0.05) is 12.8 Å². The lowest BCUT2D eigenvalue weighted by Gasteiger charge is -2.33. The number of H-pyrrole nitrogens is 1. The Hall–Kier alpha value is -2.71. The molecule has 6 rings (SSSR count). The molecule has 0 spiro atoms.